The van der Waals surface area contributed by atoms with Gasteiger partial charge in [0.2, 0.25) is 5.91 Å². The van der Waals surface area contributed by atoms with Gasteiger partial charge in [0.1, 0.15) is 5.84 Å². The minimum absolute atomic E-state index is 0.114. The smallest absolute Gasteiger partial charge is 0.263 e. The van der Waals surface area contributed by atoms with Crippen LogP contribution in [0.5, 0.6) is 0 Å². The molecule has 0 spiro atoms. The van der Waals surface area contributed by atoms with Crippen LogP contribution in [0.25, 0.3) is 0 Å². The minimum Gasteiger partial charge on any atom is -0.356 e. The standard InChI is InChI=1S/C22H35N5O3S/c1-26-15-17-27(18-16-26)14-8-7-12-23-21(28)11-3-2-6-13-24-22-19-9-4-5-10-20(19)31(29,30)25-22/h4-5,9-10H,2-3,6-8,11-18H2,1H3,(H,23,28)(H,24,25). The Balaban J connectivity index is 1.21. The fraction of sp³-hybridized carbons (Fsp3) is 0.636. The second kappa shape index (κ2) is 11.6. The van der Waals surface area contributed by atoms with E-state index < -0.39 is 10.0 Å². The van der Waals surface area contributed by atoms with Crippen LogP contribution in [-0.4, -0.2) is 82.8 Å². The number of carbonyl (C=O) groups is 1. The van der Waals surface area contributed by atoms with Gasteiger partial charge in [-0.1, -0.05) is 18.6 Å². The van der Waals surface area contributed by atoms with Gasteiger partial charge in [0, 0.05) is 51.3 Å². The number of carbonyl (C=O) groups excluding carboxylic acids is 1. The highest BCUT2D eigenvalue weighted by molar-refractivity contribution is 7.90. The van der Waals surface area contributed by atoms with Crippen LogP contribution in [0.3, 0.4) is 0 Å². The first-order valence-corrected chi connectivity index (χ1v) is 12.8. The van der Waals surface area contributed by atoms with Gasteiger partial charge in [-0.25, -0.2) is 8.42 Å². The maximum Gasteiger partial charge on any atom is 0.263 e. The normalized spacial score (nSPS) is 19.8. The number of nitrogens with zero attached hydrogens (tertiary/aromatic N) is 3. The first-order valence-electron chi connectivity index (χ1n) is 11.3. The van der Waals surface area contributed by atoms with Crippen LogP contribution >= 0.6 is 0 Å². The van der Waals surface area contributed by atoms with Crippen molar-refractivity contribution in [3.05, 3.63) is 29.8 Å². The topological polar surface area (TPSA) is 94.1 Å². The Hall–Kier alpha value is -1.97. The van der Waals surface area contributed by atoms with Crippen molar-refractivity contribution in [2.75, 3.05) is 52.9 Å². The lowest BCUT2D eigenvalue weighted by Gasteiger charge is -2.32. The number of unbranched alkanes of at least 4 members (excludes halogenated alkanes) is 3. The number of fused-ring (bicyclic) bond motifs is 1. The molecule has 0 unspecified atom stereocenters. The van der Waals surface area contributed by atoms with Crippen LogP contribution < -0.4 is 10.0 Å². The van der Waals surface area contributed by atoms with E-state index in [9.17, 15) is 13.2 Å². The zero-order valence-corrected chi connectivity index (χ0v) is 19.3. The molecule has 2 aliphatic rings. The van der Waals surface area contributed by atoms with Crippen LogP contribution in [-0.2, 0) is 14.8 Å². The predicted molar refractivity (Wildman–Crippen MR) is 123 cm³/mol. The SMILES string of the molecule is CN1CCN(CCCCNC(=O)CCCCCN=C2NS(=O)(=O)c3ccccc32)CC1. The zero-order valence-electron chi connectivity index (χ0n) is 18.5. The maximum atomic E-state index is 12.1. The van der Waals surface area contributed by atoms with Crippen molar-refractivity contribution < 1.29 is 13.2 Å². The van der Waals surface area contributed by atoms with E-state index in [2.05, 4.69) is 31.9 Å². The molecule has 1 fully saturated rings. The molecule has 0 aliphatic carbocycles. The Morgan fingerprint density at radius 1 is 1.06 bits per heavy atom. The Labute approximate surface area is 186 Å². The van der Waals surface area contributed by atoms with Crippen LogP contribution in [0.1, 0.15) is 44.1 Å². The van der Waals surface area contributed by atoms with Crippen molar-refractivity contribution in [2.24, 2.45) is 4.99 Å². The first kappa shape index (κ1) is 23.7. The Morgan fingerprint density at radius 3 is 2.65 bits per heavy atom. The van der Waals surface area contributed by atoms with Crippen LogP contribution in [0, 0.1) is 0 Å². The molecule has 2 aliphatic heterocycles. The summed E-state index contributed by atoms with van der Waals surface area (Å²) < 4.78 is 26.6. The van der Waals surface area contributed by atoms with Crippen LogP contribution in [0.2, 0.25) is 0 Å². The van der Waals surface area contributed by atoms with Gasteiger partial charge in [0.05, 0.1) is 4.90 Å². The third-order valence-electron chi connectivity index (χ3n) is 5.81. The molecular formula is C22H35N5O3S. The number of benzene rings is 1. The van der Waals surface area contributed by atoms with Gasteiger partial charge >= 0.3 is 0 Å². The second-order valence-corrected chi connectivity index (χ2v) is 10.00. The van der Waals surface area contributed by atoms with E-state index >= 15 is 0 Å². The summed E-state index contributed by atoms with van der Waals surface area (Å²) in [5.41, 5.74) is 0.634. The van der Waals surface area contributed by atoms with Gasteiger partial charge in [-0.3, -0.25) is 14.5 Å². The molecule has 0 atom stereocenters. The van der Waals surface area contributed by atoms with Gasteiger partial charge in [-0.15, -0.1) is 0 Å². The summed E-state index contributed by atoms with van der Waals surface area (Å²) in [7, 11) is -1.31. The Bertz CT molecular complexity index is 864. The van der Waals surface area contributed by atoms with Crippen molar-refractivity contribution >= 4 is 21.8 Å². The predicted octanol–water partition coefficient (Wildman–Crippen LogP) is 1.43. The molecule has 0 bridgehead atoms. The van der Waals surface area contributed by atoms with Crippen molar-refractivity contribution in [2.45, 2.75) is 43.4 Å². The fourth-order valence-corrected chi connectivity index (χ4v) is 5.12. The summed E-state index contributed by atoms with van der Waals surface area (Å²) in [5, 5.41) is 3.01. The molecule has 31 heavy (non-hydrogen) atoms. The van der Waals surface area contributed by atoms with E-state index in [1.165, 1.54) is 0 Å². The first-order chi connectivity index (χ1) is 15.0. The third-order valence-corrected chi connectivity index (χ3v) is 7.21. The number of rotatable bonds is 11. The number of piperazine rings is 1. The van der Waals surface area contributed by atoms with Gasteiger partial charge in [0.15, 0.2) is 0 Å². The summed E-state index contributed by atoms with van der Waals surface area (Å²) in [6.45, 7) is 6.99. The van der Waals surface area contributed by atoms with E-state index in [1.807, 2.05) is 6.07 Å². The van der Waals surface area contributed by atoms with Crippen molar-refractivity contribution in [1.82, 2.24) is 19.8 Å². The number of amides is 1. The lowest BCUT2D eigenvalue weighted by atomic mass is 10.2. The van der Waals surface area contributed by atoms with E-state index in [0.29, 0.717) is 24.4 Å². The maximum absolute atomic E-state index is 12.1. The van der Waals surface area contributed by atoms with E-state index in [0.717, 1.165) is 71.4 Å². The van der Waals surface area contributed by atoms with E-state index in [4.69, 9.17) is 0 Å². The molecule has 8 nitrogen and oxygen atoms in total. The Kier molecular flexibility index (Phi) is 8.86. The van der Waals surface area contributed by atoms with Gasteiger partial charge < -0.3 is 15.1 Å². The molecule has 2 N–H and O–H groups in total. The number of amidine groups is 1. The van der Waals surface area contributed by atoms with Crippen molar-refractivity contribution in [3.8, 4) is 0 Å². The Morgan fingerprint density at radius 2 is 1.84 bits per heavy atom. The summed E-state index contributed by atoms with van der Waals surface area (Å²) in [4.78, 5) is 21.5. The van der Waals surface area contributed by atoms with Crippen LogP contribution in [0.4, 0.5) is 0 Å². The van der Waals surface area contributed by atoms with Crippen molar-refractivity contribution in [1.29, 1.82) is 0 Å². The molecule has 172 valence electrons. The molecule has 1 amide bonds. The number of hydrogen-bond donors (Lipinski definition) is 2. The molecular weight excluding hydrogens is 414 g/mol. The van der Waals surface area contributed by atoms with E-state index in [-0.39, 0.29) is 10.8 Å². The average Bonchev–Trinajstić information content (AvgIpc) is 3.02. The van der Waals surface area contributed by atoms with Crippen LogP contribution in [0.15, 0.2) is 34.2 Å². The average molecular weight is 450 g/mol. The summed E-state index contributed by atoms with van der Waals surface area (Å²) in [6.07, 6.45) is 5.21. The molecule has 9 heteroatoms. The number of nitrogens with one attached hydrogen (secondary N) is 2. The number of hydrogen-bond acceptors (Lipinski definition) is 6. The molecule has 0 aromatic heterocycles. The highest BCUT2D eigenvalue weighted by Crippen LogP contribution is 2.22. The quantitative estimate of drug-likeness (QED) is 0.499. The monoisotopic (exact) mass is 449 g/mol. The zero-order chi connectivity index (χ0) is 22.1. The molecule has 0 radical (unpaired) electrons. The van der Waals surface area contributed by atoms with E-state index in [1.54, 1.807) is 18.2 Å². The summed E-state index contributed by atoms with van der Waals surface area (Å²) in [5.74, 6) is 0.535. The summed E-state index contributed by atoms with van der Waals surface area (Å²) >= 11 is 0. The molecule has 2 heterocycles. The van der Waals surface area contributed by atoms with Gasteiger partial charge in [-0.2, -0.15) is 0 Å². The lowest BCUT2D eigenvalue weighted by Crippen LogP contribution is -2.44. The fourth-order valence-electron chi connectivity index (χ4n) is 3.86. The highest BCUT2D eigenvalue weighted by atomic mass is 32.2. The minimum atomic E-state index is -3.47. The second-order valence-electron chi connectivity index (χ2n) is 8.34. The van der Waals surface area contributed by atoms with Gasteiger partial charge in [0.25, 0.3) is 10.0 Å². The number of likely N-dealkylation sites (N-methyl/N-ethyl adjacent to an activating group) is 1. The lowest BCUT2D eigenvalue weighted by molar-refractivity contribution is -0.121. The third kappa shape index (κ3) is 7.29. The van der Waals surface area contributed by atoms with Gasteiger partial charge in [-0.05, 0) is 51.4 Å². The molecule has 3 rings (SSSR count). The molecule has 1 saturated heterocycles. The summed E-state index contributed by atoms with van der Waals surface area (Å²) in [6, 6.07) is 6.87. The van der Waals surface area contributed by atoms with Crippen molar-refractivity contribution in [3.63, 3.8) is 0 Å². The molecule has 1 aromatic rings. The number of sulfonamides is 1. The highest BCUT2D eigenvalue weighted by Gasteiger charge is 2.29. The molecule has 0 saturated carbocycles. The number of aliphatic imine (C=N–C) groups is 1. The molecule has 1 aromatic carbocycles. The largest absolute Gasteiger partial charge is 0.356 e.